The highest BCUT2D eigenvalue weighted by molar-refractivity contribution is 6.03. The highest BCUT2D eigenvalue weighted by Gasteiger charge is 2.32. The third-order valence-electron chi connectivity index (χ3n) is 6.02. The van der Waals surface area contributed by atoms with E-state index in [0.29, 0.717) is 34.5 Å². The fraction of sp³-hybridized carbons (Fsp3) is 0.240. The molecule has 2 aromatic heterocycles. The number of nitrogens with zero attached hydrogens (tertiary/aromatic N) is 5. The van der Waals surface area contributed by atoms with Gasteiger partial charge in [-0.2, -0.15) is 0 Å². The van der Waals surface area contributed by atoms with Gasteiger partial charge in [0, 0.05) is 17.6 Å². The third-order valence-corrected chi connectivity index (χ3v) is 6.02. The summed E-state index contributed by atoms with van der Waals surface area (Å²) in [7, 11) is 2.47. The van der Waals surface area contributed by atoms with Crippen LogP contribution in [-0.2, 0) is 30.3 Å². The van der Waals surface area contributed by atoms with Gasteiger partial charge in [-0.05, 0) is 37.3 Å². The Morgan fingerprint density at radius 2 is 1.69 bits per heavy atom. The lowest BCUT2D eigenvalue weighted by molar-refractivity contribution is -0.140. The topological polar surface area (TPSA) is 118 Å². The van der Waals surface area contributed by atoms with E-state index in [1.165, 1.54) is 23.9 Å². The fourth-order valence-electron chi connectivity index (χ4n) is 4.28. The van der Waals surface area contributed by atoms with Crippen molar-refractivity contribution in [3.05, 3.63) is 70.2 Å². The van der Waals surface area contributed by atoms with E-state index in [2.05, 4.69) is 10.2 Å². The number of rotatable bonds is 5. The maximum absolute atomic E-state index is 13.5. The number of pyridine rings is 1. The molecule has 36 heavy (non-hydrogen) atoms. The van der Waals surface area contributed by atoms with Crippen LogP contribution in [0.15, 0.2) is 64.6 Å². The number of carbonyl (C=O) groups is 2. The molecule has 0 N–H and O–H groups in total. The maximum Gasteiger partial charge on any atom is 0.355 e. The number of methoxy groups -OCH3 is 2. The average Bonchev–Trinajstić information content (AvgIpc) is 3.35. The Kier molecular flexibility index (Phi) is 5.98. The molecule has 0 unspecified atom stereocenters. The number of hydrogen-bond acceptors (Lipinski definition) is 9. The lowest BCUT2D eigenvalue weighted by atomic mass is 10.1. The molecule has 0 fully saturated rings. The van der Waals surface area contributed by atoms with Crippen LogP contribution in [0.25, 0.3) is 27.6 Å². The molecule has 0 bridgehead atoms. The Bertz CT molecular complexity index is 1570. The van der Waals surface area contributed by atoms with Crippen molar-refractivity contribution in [1.29, 1.82) is 0 Å². The number of aryl methyl sites for hydroxylation is 1. The van der Waals surface area contributed by atoms with E-state index >= 15 is 0 Å². The monoisotopic (exact) mass is 489 g/mol. The zero-order chi connectivity index (χ0) is 25.4. The summed E-state index contributed by atoms with van der Waals surface area (Å²) in [6.45, 7) is 2.17. The Labute approximate surface area is 205 Å². The van der Waals surface area contributed by atoms with Crippen LogP contribution in [0, 0.1) is 0 Å². The molecule has 1 aliphatic heterocycles. The minimum absolute atomic E-state index is 0.00860. The van der Waals surface area contributed by atoms with Gasteiger partial charge in [0.05, 0.1) is 31.9 Å². The molecular formula is C25H23N5O6. The highest BCUT2D eigenvalue weighted by atomic mass is 16.5. The first-order valence-electron chi connectivity index (χ1n) is 11.2. The van der Waals surface area contributed by atoms with Crippen molar-refractivity contribution in [1.82, 2.24) is 19.6 Å². The van der Waals surface area contributed by atoms with Crippen LogP contribution in [0.3, 0.4) is 0 Å². The Balaban J connectivity index is 1.66. The van der Waals surface area contributed by atoms with Gasteiger partial charge in [-0.15, -0.1) is 15.0 Å². The summed E-state index contributed by atoms with van der Waals surface area (Å²) in [6, 6.07) is 14.5. The number of carbonyl (C=O) groups excluding carboxylic acids is 2. The number of esters is 2. The fourth-order valence-corrected chi connectivity index (χ4v) is 4.28. The normalized spacial score (nSPS) is 13.9. The third kappa shape index (κ3) is 3.79. The molecule has 0 saturated heterocycles. The van der Waals surface area contributed by atoms with Gasteiger partial charge in [-0.1, -0.05) is 18.2 Å². The van der Waals surface area contributed by atoms with Gasteiger partial charge in [0.15, 0.2) is 5.69 Å². The van der Waals surface area contributed by atoms with E-state index in [4.69, 9.17) is 14.2 Å². The molecule has 0 amide bonds. The quantitative estimate of drug-likeness (QED) is 0.389. The maximum atomic E-state index is 13.5. The van der Waals surface area contributed by atoms with Crippen LogP contribution in [0.4, 0.5) is 5.69 Å². The van der Waals surface area contributed by atoms with Crippen LogP contribution in [0.1, 0.15) is 6.92 Å². The van der Waals surface area contributed by atoms with Gasteiger partial charge in [-0.25, -0.2) is 9.59 Å². The second kappa shape index (κ2) is 9.27. The summed E-state index contributed by atoms with van der Waals surface area (Å²) in [4.78, 5) is 41.3. The van der Waals surface area contributed by atoms with Crippen molar-refractivity contribution in [3.63, 3.8) is 0 Å². The second-order valence-corrected chi connectivity index (χ2v) is 8.02. The minimum atomic E-state index is -0.696. The van der Waals surface area contributed by atoms with Crippen molar-refractivity contribution in [2.45, 2.75) is 13.5 Å². The molecule has 3 heterocycles. The molecule has 4 aromatic rings. The standard InChI is InChI=1S/C25H23N5O6/c1-4-28-20-12-16(29-14-36-13-17(24(32)34-2)22(29)25(33)35-3)10-9-15(20)11-21(23(28)31)30-26-18-7-5-6-8-19(18)27-30/h5-12H,4,13-14H2,1-3H3. The number of fused-ring (bicyclic) bond motifs is 2. The van der Waals surface area contributed by atoms with Crippen molar-refractivity contribution in [3.8, 4) is 5.69 Å². The van der Waals surface area contributed by atoms with Gasteiger partial charge in [0.1, 0.15) is 23.5 Å². The van der Waals surface area contributed by atoms with E-state index in [-0.39, 0.29) is 30.2 Å². The minimum Gasteiger partial charge on any atom is -0.466 e. The van der Waals surface area contributed by atoms with Gasteiger partial charge in [-0.3, -0.25) is 4.79 Å². The average molecular weight is 489 g/mol. The van der Waals surface area contributed by atoms with E-state index in [1.54, 1.807) is 22.8 Å². The van der Waals surface area contributed by atoms with E-state index in [1.807, 2.05) is 37.3 Å². The molecule has 0 radical (unpaired) electrons. The molecule has 1 aliphatic rings. The molecule has 0 saturated carbocycles. The molecule has 11 nitrogen and oxygen atoms in total. The molecular weight excluding hydrogens is 466 g/mol. The molecule has 5 rings (SSSR count). The Hall–Kier alpha value is -4.51. The first kappa shape index (κ1) is 23.2. The lowest BCUT2D eigenvalue weighted by Gasteiger charge is -2.31. The molecule has 0 aliphatic carbocycles. The number of aromatic nitrogens is 4. The van der Waals surface area contributed by atoms with E-state index in [9.17, 15) is 14.4 Å². The molecule has 0 atom stereocenters. The number of benzene rings is 2. The molecule has 11 heteroatoms. The second-order valence-electron chi connectivity index (χ2n) is 8.02. The lowest BCUT2D eigenvalue weighted by Crippen LogP contribution is -2.38. The van der Waals surface area contributed by atoms with Crippen LogP contribution >= 0.6 is 0 Å². The van der Waals surface area contributed by atoms with Crippen molar-refractivity contribution < 1.29 is 23.8 Å². The van der Waals surface area contributed by atoms with Crippen LogP contribution in [-0.4, -0.2) is 59.1 Å². The summed E-state index contributed by atoms with van der Waals surface area (Å²) in [5.74, 6) is -1.38. The zero-order valence-electron chi connectivity index (χ0n) is 19.9. The summed E-state index contributed by atoms with van der Waals surface area (Å²) in [5, 5.41) is 9.68. The molecule has 0 spiro atoms. The molecule has 184 valence electrons. The number of ether oxygens (including phenoxy) is 3. The SMILES string of the molecule is CCn1c(=O)c(-n2nc3ccccc3n2)cc2ccc(N3COCC(C(=O)OC)=C3C(=O)OC)cc21. The summed E-state index contributed by atoms with van der Waals surface area (Å²) in [6.07, 6.45) is 0. The van der Waals surface area contributed by atoms with Crippen LogP contribution in [0.2, 0.25) is 0 Å². The summed E-state index contributed by atoms with van der Waals surface area (Å²) >= 11 is 0. The smallest absolute Gasteiger partial charge is 0.355 e. The zero-order valence-corrected chi connectivity index (χ0v) is 19.9. The van der Waals surface area contributed by atoms with E-state index in [0.717, 1.165) is 5.39 Å². The van der Waals surface area contributed by atoms with Crippen molar-refractivity contribution >= 4 is 39.6 Å². The van der Waals surface area contributed by atoms with Gasteiger partial charge in [0.2, 0.25) is 0 Å². The summed E-state index contributed by atoms with van der Waals surface area (Å²) < 4.78 is 16.9. The Morgan fingerprint density at radius 3 is 2.33 bits per heavy atom. The largest absolute Gasteiger partial charge is 0.466 e. The predicted molar refractivity (Wildman–Crippen MR) is 131 cm³/mol. The van der Waals surface area contributed by atoms with Crippen LogP contribution < -0.4 is 10.5 Å². The summed E-state index contributed by atoms with van der Waals surface area (Å²) in [5.41, 5.74) is 2.68. The van der Waals surface area contributed by atoms with Gasteiger partial charge >= 0.3 is 11.9 Å². The van der Waals surface area contributed by atoms with Crippen molar-refractivity contribution in [2.75, 3.05) is 32.5 Å². The van der Waals surface area contributed by atoms with Crippen LogP contribution in [0.5, 0.6) is 0 Å². The first-order chi connectivity index (χ1) is 17.5. The van der Waals surface area contributed by atoms with Crippen molar-refractivity contribution in [2.24, 2.45) is 0 Å². The van der Waals surface area contributed by atoms with E-state index < -0.39 is 11.9 Å². The Morgan fingerprint density at radius 1 is 1.00 bits per heavy atom. The van der Waals surface area contributed by atoms with Gasteiger partial charge < -0.3 is 23.7 Å². The number of hydrogen-bond donors (Lipinski definition) is 0. The first-order valence-corrected chi connectivity index (χ1v) is 11.2. The molecule has 2 aromatic carbocycles. The highest BCUT2D eigenvalue weighted by Crippen LogP contribution is 2.29. The van der Waals surface area contributed by atoms with Gasteiger partial charge in [0.25, 0.3) is 5.56 Å². The predicted octanol–water partition coefficient (Wildman–Crippen LogP) is 2.15. The number of anilines is 1.